The van der Waals surface area contributed by atoms with Gasteiger partial charge in [0.25, 0.3) is 0 Å². The summed E-state index contributed by atoms with van der Waals surface area (Å²) >= 11 is 0. The Morgan fingerprint density at radius 1 is 1.62 bits per heavy atom. The number of carbonyl (C=O) groups is 1. The number of nitrogens with zero attached hydrogens (tertiary/aromatic N) is 2. The van der Waals surface area contributed by atoms with Crippen LogP contribution in [0.5, 0.6) is 5.88 Å². The van der Waals surface area contributed by atoms with Gasteiger partial charge >= 0.3 is 6.09 Å². The van der Waals surface area contributed by atoms with Crippen molar-refractivity contribution < 1.29 is 9.53 Å². The number of hydrogen-bond acceptors (Lipinski definition) is 6. The standard InChI is InChI=1S/C6H9N5O2/c1-8-6(12)13-5-2-4(11-7)9-3-10-5/h2-3H,7H2,1H3,(H,8,12)(H,9,10,11). The zero-order valence-corrected chi connectivity index (χ0v) is 6.94. The van der Waals surface area contributed by atoms with Crippen LogP contribution in [-0.4, -0.2) is 23.1 Å². The lowest BCUT2D eigenvalue weighted by Gasteiger charge is -2.02. The largest absolute Gasteiger partial charge is 0.413 e. The molecule has 13 heavy (non-hydrogen) atoms. The molecule has 1 aromatic rings. The van der Waals surface area contributed by atoms with Crippen molar-refractivity contribution in [2.75, 3.05) is 12.5 Å². The van der Waals surface area contributed by atoms with E-state index < -0.39 is 6.09 Å². The van der Waals surface area contributed by atoms with Crippen molar-refractivity contribution in [1.29, 1.82) is 0 Å². The Morgan fingerprint density at radius 2 is 2.38 bits per heavy atom. The Kier molecular flexibility index (Phi) is 2.98. The summed E-state index contributed by atoms with van der Waals surface area (Å²) in [6.45, 7) is 0. The van der Waals surface area contributed by atoms with Gasteiger partial charge in [-0.05, 0) is 0 Å². The predicted molar refractivity (Wildman–Crippen MR) is 44.9 cm³/mol. The lowest BCUT2D eigenvalue weighted by molar-refractivity contribution is 0.201. The highest BCUT2D eigenvalue weighted by molar-refractivity contribution is 5.69. The Labute approximate surface area is 74.3 Å². The molecule has 0 atom stereocenters. The lowest BCUT2D eigenvalue weighted by Crippen LogP contribution is -2.22. The van der Waals surface area contributed by atoms with E-state index in [2.05, 4.69) is 20.7 Å². The SMILES string of the molecule is CNC(=O)Oc1cc(NN)ncn1. The van der Waals surface area contributed by atoms with E-state index in [1.165, 1.54) is 19.4 Å². The fourth-order valence-electron chi connectivity index (χ4n) is 0.620. The Hall–Kier alpha value is -1.89. The zero-order chi connectivity index (χ0) is 9.68. The molecule has 7 nitrogen and oxygen atoms in total. The molecule has 1 amide bonds. The lowest BCUT2D eigenvalue weighted by atomic mass is 10.6. The van der Waals surface area contributed by atoms with Gasteiger partial charge in [-0.25, -0.2) is 20.6 Å². The van der Waals surface area contributed by atoms with Gasteiger partial charge in [0.15, 0.2) is 0 Å². The van der Waals surface area contributed by atoms with Gasteiger partial charge in [0.1, 0.15) is 12.1 Å². The number of amides is 1. The Bertz CT molecular complexity index is 303. The smallest absolute Gasteiger partial charge is 0.391 e. The molecule has 0 saturated carbocycles. The number of rotatable bonds is 2. The number of nitrogen functional groups attached to an aromatic ring is 1. The maximum atomic E-state index is 10.7. The molecule has 1 rings (SSSR count). The van der Waals surface area contributed by atoms with Crippen LogP contribution in [0.15, 0.2) is 12.4 Å². The number of ether oxygens (including phenoxy) is 1. The molecule has 0 aliphatic rings. The minimum atomic E-state index is -0.596. The first-order chi connectivity index (χ1) is 6.26. The highest BCUT2D eigenvalue weighted by atomic mass is 16.6. The number of hydrogen-bond donors (Lipinski definition) is 3. The van der Waals surface area contributed by atoms with E-state index in [1.54, 1.807) is 0 Å². The van der Waals surface area contributed by atoms with Gasteiger partial charge in [-0.15, -0.1) is 0 Å². The second-order valence-corrected chi connectivity index (χ2v) is 2.03. The molecule has 1 aromatic heterocycles. The summed E-state index contributed by atoms with van der Waals surface area (Å²) in [5.41, 5.74) is 2.30. The van der Waals surface area contributed by atoms with Gasteiger partial charge in [0.05, 0.1) is 0 Å². The molecule has 0 saturated heterocycles. The maximum Gasteiger partial charge on any atom is 0.413 e. The van der Waals surface area contributed by atoms with Gasteiger partial charge in [-0.1, -0.05) is 0 Å². The van der Waals surface area contributed by atoms with Crippen LogP contribution in [0.1, 0.15) is 0 Å². The fraction of sp³-hybridized carbons (Fsp3) is 0.167. The van der Waals surface area contributed by atoms with Gasteiger partial charge in [0, 0.05) is 13.1 Å². The third-order valence-corrected chi connectivity index (χ3v) is 1.19. The number of aromatic nitrogens is 2. The number of nitrogens with two attached hydrogens (primary N) is 1. The minimum absolute atomic E-state index is 0.127. The molecule has 0 aliphatic carbocycles. The highest BCUT2D eigenvalue weighted by Gasteiger charge is 2.03. The Balaban J connectivity index is 2.71. The molecule has 0 spiro atoms. The molecule has 0 radical (unpaired) electrons. The Morgan fingerprint density at radius 3 is 3.00 bits per heavy atom. The van der Waals surface area contributed by atoms with Gasteiger partial charge < -0.3 is 15.5 Å². The second kappa shape index (κ2) is 4.21. The average molecular weight is 183 g/mol. The molecule has 0 aromatic carbocycles. The van der Waals surface area contributed by atoms with E-state index in [4.69, 9.17) is 10.6 Å². The number of hydrazine groups is 1. The highest BCUT2D eigenvalue weighted by Crippen LogP contribution is 2.09. The molecule has 4 N–H and O–H groups in total. The van der Waals surface area contributed by atoms with Crippen molar-refractivity contribution >= 4 is 11.9 Å². The third kappa shape index (κ3) is 2.56. The van der Waals surface area contributed by atoms with Crippen molar-refractivity contribution in [1.82, 2.24) is 15.3 Å². The first-order valence-corrected chi connectivity index (χ1v) is 3.44. The van der Waals surface area contributed by atoms with Crippen molar-refractivity contribution in [2.24, 2.45) is 5.84 Å². The van der Waals surface area contributed by atoms with Crippen LogP contribution in [0.4, 0.5) is 10.6 Å². The number of nitrogens with one attached hydrogen (secondary N) is 2. The van der Waals surface area contributed by atoms with E-state index in [1.807, 2.05) is 0 Å². The monoisotopic (exact) mass is 183 g/mol. The number of carbonyl (C=O) groups excluding carboxylic acids is 1. The van der Waals surface area contributed by atoms with Crippen molar-refractivity contribution in [2.45, 2.75) is 0 Å². The zero-order valence-electron chi connectivity index (χ0n) is 6.94. The van der Waals surface area contributed by atoms with E-state index in [9.17, 15) is 4.79 Å². The summed E-state index contributed by atoms with van der Waals surface area (Å²) < 4.78 is 4.71. The normalized spacial score (nSPS) is 9.08. The van der Waals surface area contributed by atoms with Crippen LogP contribution in [-0.2, 0) is 0 Å². The van der Waals surface area contributed by atoms with Crippen LogP contribution in [0.2, 0.25) is 0 Å². The van der Waals surface area contributed by atoms with E-state index in [0.717, 1.165) is 0 Å². The molecular weight excluding hydrogens is 174 g/mol. The summed E-state index contributed by atoms with van der Waals surface area (Å²) in [6, 6.07) is 1.40. The predicted octanol–water partition coefficient (Wildman–Crippen LogP) is -0.520. The van der Waals surface area contributed by atoms with Crippen LogP contribution in [0.3, 0.4) is 0 Å². The fourth-order valence-corrected chi connectivity index (χ4v) is 0.620. The van der Waals surface area contributed by atoms with E-state index >= 15 is 0 Å². The van der Waals surface area contributed by atoms with Gasteiger partial charge in [0.2, 0.25) is 5.88 Å². The van der Waals surface area contributed by atoms with E-state index in [-0.39, 0.29) is 5.88 Å². The molecular formula is C6H9N5O2. The maximum absolute atomic E-state index is 10.7. The third-order valence-electron chi connectivity index (χ3n) is 1.19. The second-order valence-electron chi connectivity index (χ2n) is 2.03. The van der Waals surface area contributed by atoms with Crippen molar-refractivity contribution in [3.8, 4) is 5.88 Å². The summed E-state index contributed by atoms with van der Waals surface area (Å²) in [7, 11) is 1.45. The van der Waals surface area contributed by atoms with Crippen molar-refractivity contribution in [3.63, 3.8) is 0 Å². The summed E-state index contributed by atoms with van der Waals surface area (Å²) in [4.78, 5) is 18.2. The summed E-state index contributed by atoms with van der Waals surface area (Å²) in [6.07, 6.45) is 0.634. The molecule has 70 valence electrons. The molecule has 0 aliphatic heterocycles. The molecule has 0 bridgehead atoms. The average Bonchev–Trinajstić information content (AvgIpc) is 2.18. The summed E-state index contributed by atoms with van der Waals surface area (Å²) in [5, 5.41) is 2.28. The number of anilines is 1. The molecule has 0 fully saturated rings. The quantitative estimate of drug-likeness (QED) is 0.421. The van der Waals surface area contributed by atoms with Crippen LogP contribution in [0, 0.1) is 0 Å². The first kappa shape index (κ1) is 9.20. The first-order valence-electron chi connectivity index (χ1n) is 3.44. The molecule has 0 unspecified atom stereocenters. The van der Waals surface area contributed by atoms with Crippen LogP contribution < -0.4 is 21.3 Å². The van der Waals surface area contributed by atoms with Gasteiger partial charge in [-0.3, -0.25) is 0 Å². The topological polar surface area (TPSA) is 102 Å². The van der Waals surface area contributed by atoms with Crippen molar-refractivity contribution in [3.05, 3.63) is 12.4 Å². The van der Waals surface area contributed by atoms with E-state index in [0.29, 0.717) is 5.82 Å². The van der Waals surface area contributed by atoms with Crippen LogP contribution in [0.25, 0.3) is 0 Å². The molecule has 1 heterocycles. The molecule has 7 heteroatoms. The minimum Gasteiger partial charge on any atom is -0.391 e. The summed E-state index contributed by atoms with van der Waals surface area (Å²) in [5.74, 6) is 5.58. The van der Waals surface area contributed by atoms with Crippen LogP contribution >= 0.6 is 0 Å². The van der Waals surface area contributed by atoms with Gasteiger partial charge in [-0.2, -0.15) is 0 Å².